The Morgan fingerprint density at radius 2 is 1.62 bits per heavy atom. The van der Waals surface area contributed by atoms with Crippen molar-refractivity contribution in [3.05, 3.63) is 47.0 Å². The fourth-order valence-electron chi connectivity index (χ4n) is 4.82. The molecule has 0 radical (unpaired) electrons. The molecule has 2 bridgehead atoms. The minimum Gasteiger partial charge on any atom is -0.456 e. The van der Waals surface area contributed by atoms with E-state index >= 15 is 0 Å². The molecule has 0 spiro atoms. The number of nitrogens with zero attached hydrogens (tertiary/aromatic N) is 1. The molecule has 1 aromatic carbocycles. The number of likely N-dealkylation sites (tertiary alicyclic amines) is 1. The van der Waals surface area contributed by atoms with Crippen molar-refractivity contribution in [2.24, 2.45) is 29.6 Å². The van der Waals surface area contributed by atoms with Crippen molar-refractivity contribution >= 4 is 35.2 Å². The van der Waals surface area contributed by atoms with Gasteiger partial charge in [-0.2, -0.15) is 0 Å². The molecule has 5 atom stereocenters. The zero-order valence-electron chi connectivity index (χ0n) is 16.2. The van der Waals surface area contributed by atoms with E-state index in [1.54, 1.807) is 38.1 Å². The van der Waals surface area contributed by atoms with Gasteiger partial charge in [-0.25, -0.2) is 4.79 Å². The Labute approximate surface area is 173 Å². The van der Waals surface area contributed by atoms with E-state index in [0.717, 1.165) is 11.3 Å². The molecule has 0 N–H and O–H groups in total. The molecule has 0 unspecified atom stereocenters. The number of ether oxygens (including phenoxy) is 1. The van der Waals surface area contributed by atoms with Crippen LogP contribution in [0.15, 0.2) is 36.4 Å². The van der Waals surface area contributed by atoms with Gasteiger partial charge in [0, 0.05) is 10.6 Å². The Bertz CT molecular complexity index is 876. The summed E-state index contributed by atoms with van der Waals surface area (Å²) in [6, 6.07) is 5.23. The number of amides is 2. The molecule has 152 valence electrons. The van der Waals surface area contributed by atoms with Crippen molar-refractivity contribution in [3.8, 4) is 0 Å². The smallest absolute Gasteiger partial charge is 0.330 e. The standard InChI is InChI=1S/C22H22ClNO5/c1-11(2)19(22(28)29-10-16(25)12-5-7-15(23)8-6-12)24-20(26)17-13-3-4-14(9-13)18(17)21(24)27/h3-8,11,13-14,17-19H,9-10H2,1-2H3/t13-,14-,17+,18+,19+/m0/s1. The highest BCUT2D eigenvalue weighted by atomic mass is 35.5. The number of carbonyl (C=O) groups is 4. The number of halogens is 1. The maximum Gasteiger partial charge on any atom is 0.330 e. The lowest BCUT2D eigenvalue weighted by atomic mass is 9.85. The van der Waals surface area contributed by atoms with Crippen LogP contribution in [0.3, 0.4) is 0 Å². The topological polar surface area (TPSA) is 80.8 Å². The zero-order chi connectivity index (χ0) is 20.9. The summed E-state index contributed by atoms with van der Waals surface area (Å²) in [6.45, 7) is 3.06. The second kappa shape index (κ2) is 7.41. The van der Waals surface area contributed by atoms with Gasteiger partial charge >= 0.3 is 5.97 Å². The molecule has 0 aromatic heterocycles. The Morgan fingerprint density at radius 3 is 2.14 bits per heavy atom. The van der Waals surface area contributed by atoms with Crippen LogP contribution < -0.4 is 0 Å². The third kappa shape index (κ3) is 3.29. The van der Waals surface area contributed by atoms with Crippen LogP contribution in [0, 0.1) is 29.6 Å². The van der Waals surface area contributed by atoms with Gasteiger partial charge in [-0.05, 0) is 48.4 Å². The summed E-state index contributed by atoms with van der Waals surface area (Å²) in [4.78, 5) is 52.2. The molecule has 4 rings (SSSR count). The van der Waals surface area contributed by atoms with Gasteiger partial charge in [0.15, 0.2) is 12.4 Å². The van der Waals surface area contributed by atoms with Gasteiger partial charge in [-0.1, -0.05) is 37.6 Å². The number of rotatable bonds is 6. The second-order valence-corrected chi connectivity index (χ2v) is 8.71. The predicted octanol–water partition coefficient (Wildman–Crippen LogP) is 2.90. The maximum atomic E-state index is 13.0. The van der Waals surface area contributed by atoms with Crippen LogP contribution >= 0.6 is 11.6 Å². The third-order valence-corrected chi connectivity index (χ3v) is 6.42. The summed E-state index contributed by atoms with van der Waals surface area (Å²) in [5.74, 6) is -2.63. The summed E-state index contributed by atoms with van der Waals surface area (Å²) in [7, 11) is 0. The molecule has 7 heteroatoms. The monoisotopic (exact) mass is 415 g/mol. The molecule has 1 heterocycles. The predicted molar refractivity (Wildman–Crippen MR) is 105 cm³/mol. The quantitative estimate of drug-likeness (QED) is 0.309. The van der Waals surface area contributed by atoms with Crippen molar-refractivity contribution in [1.29, 1.82) is 0 Å². The maximum absolute atomic E-state index is 13.0. The SMILES string of the molecule is CC(C)[C@H](C(=O)OCC(=O)c1ccc(Cl)cc1)N1C(=O)[C@H]2[C@H](C1=O)[C@H]1C=C[C@H]2C1. The van der Waals surface area contributed by atoms with Crippen LogP contribution in [0.25, 0.3) is 0 Å². The number of Topliss-reactive ketones (excluding diaryl/α,β-unsaturated/α-hetero) is 1. The Hall–Kier alpha value is -2.47. The van der Waals surface area contributed by atoms with Gasteiger partial charge in [0.05, 0.1) is 11.8 Å². The lowest BCUT2D eigenvalue weighted by Crippen LogP contribution is -2.50. The van der Waals surface area contributed by atoms with Crippen LogP contribution in [0.5, 0.6) is 0 Å². The van der Waals surface area contributed by atoms with Gasteiger partial charge in [0.2, 0.25) is 11.8 Å². The van der Waals surface area contributed by atoms with Crippen molar-refractivity contribution in [2.75, 3.05) is 6.61 Å². The zero-order valence-corrected chi connectivity index (χ0v) is 17.0. The average molecular weight is 416 g/mol. The van der Waals surface area contributed by atoms with Gasteiger partial charge < -0.3 is 4.74 Å². The summed E-state index contributed by atoms with van der Waals surface area (Å²) < 4.78 is 5.23. The van der Waals surface area contributed by atoms with E-state index in [1.165, 1.54) is 0 Å². The molecule has 1 saturated carbocycles. The lowest BCUT2D eigenvalue weighted by molar-refractivity contribution is -0.160. The van der Waals surface area contributed by atoms with Gasteiger partial charge in [-0.3, -0.25) is 19.3 Å². The van der Waals surface area contributed by atoms with Gasteiger partial charge in [0.1, 0.15) is 6.04 Å². The van der Waals surface area contributed by atoms with E-state index in [4.69, 9.17) is 16.3 Å². The van der Waals surface area contributed by atoms with Crippen molar-refractivity contribution in [2.45, 2.75) is 26.3 Å². The normalized spacial score (nSPS) is 28.2. The van der Waals surface area contributed by atoms with Crippen LogP contribution in [0.1, 0.15) is 30.6 Å². The Balaban J connectivity index is 1.47. The van der Waals surface area contributed by atoms with Crippen molar-refractivity contribution in [1.82, 2.24) is 4.90 Å². The van der Waals surface area contributed by atoms with E-state index in [9.17, 15) is 19.2 Å². The minimum absolute atomic E-state index is 0.0711. The first-order chi connectivity index (χ1) is 13.8. The molecule has 29 heavy (non-hydrogen) atoms. The number of hydrogen-bond donors (Lipinski definition) is 0. The van der Waals surface area contributed by atoms with Crippen LogP contribution in [0.2, 0.25) is 5.02 Å². The van der Waals surface area contributed by atoms with Crippen LogP contribution in [-0.4, -0.2) is 41.1 Å². The van der Waals surface area contributed by atoms with E-state index in [2.05, 4.69) is 0 Å². The summed E-state index contributed by atoms with van der Waals surface area (Å²) in [6.07, 6.45) is 4.84. The van der Waals surface area contributed by atoms with E-state index < -0.39 is 18.6 Å². The Morgan fingerprint density at radius 1 is 1.07 bits per heavy atom. The second-order valence-electron chi connectivity index (χ2n) is 8.27. The molecular formula is C22H22ClNO5. The fourth-order valence-corrected chi connectivity index (χ4v) is 4.94. The first kappa shape index (κ1) is 19.8. The number of esters is 1. The molecular weight excluding hydrogens is 394 g/mol. The van der Waals surface area contributed by atoms with Gasteiger partial charge in [-0.15, -0.1) is 0 Å². The van der Waals surface area contributed by atoms with E-state index in [0.29, 0.717) is 10.6 Å². The summed E-state index contributed by atoms with van der Waals surface area (Å²) >= 11 is 5.81. The van der Waals surface area contributed by atoms with Gasteiger partial charge in [0.25, 0.3) is 0 Å². The largest absolute Gasteiger partial charge is 0.456 e. The van der Waals surface area contributed by atoms with Crippen LogP contribution in [-0.2, 0) is 19.1 Å². The van der Waals surface area contributed by atoms with E-state index in [1.807, 2.05) is 12.2 Å². The van der Waals surface area contributed by atoms with Crippen molar-refractivity contribution < 1.29 is 23.9 Å². The molecule has 6 nitrogen and oxygen atoms in total. The molecule has 2 aliphatic carbocycles. The molecule has 2 amide bonds. The fraction of sp³-hybridized carbons (Fsp3) is 0.455. The molecule has 1 saturated heterocycles. The first-order valence-corrected chi connectivity index (χ1v) is 10.2. The summed E-state index contributed by atoms with van der Waals surface area (Å²) in [5.41, 5.74) is 0.369. The van der Waals surface area contributed by atoms with E-state index in [-0.39, 0.29) is 47.2 Å². The number of carbonyl (C=O) groups excluding carboxylic acids is 4. The molecule has 1 aliphatic heterocycles. The lowest BCUT2D eigenvalue weighted by Gasteiger charge is -2.28. The van der Waals surface area contributed by atoms with Crippen LogP contribution in [0.4, 0.5) is 0 Å². The minimum atomic E-state index is -1.03. The highest BCUT2D eigenvalue weighted by Gasteiger charge is 2.61. The number of fused-ring (bicyclic) bond motifs is 5. The number of benzene rings is 1. The number of ketones is 1. The highest BCUT2D eigenvalue weighted by Crippen LogP contribution is 2.53. The number of allylic oxidation sites excluding steroid dienone is 2. The average Bonchev–Trinajstić information content (AvgIpc) is 3.36. The number of hydrogen-bond acceptors (Lipinski definition) is 5. The summed E-state index contributed by atoms with van der Waals surface area (Å²) in [5, 5.41) is 0.499. The molecule has 3 aliphatic rings. The highest BCUT2D eigenvalue weighted by molar-refractivity contribution is 6.30. The number of imide groups is 1. The van der Waals surface area contributed by atoms with Crippen molar-refractivity contribution in [3.63, 3.8) is 0 Å². The third-order valence-electron chi connectivity index (χ3n) is 6.17. The molecule has 1 aromatic rings. The molecule has 2 fully saturated rings. The Kier molecular flexibility index (Phi) is 5.07. The first-order valence-electron chi connectivity index (χ1n) is 9.80.